The first-order chi connectivity index (χ1) is 4.63. The van der Waals surface area contributed by atoms with E-state index in [-0.39, 0.29) is 0 Å². The van der Waals surface area contributed by atoms with Crippen LogP contribution < -0.4 is 0 Å². The molecule has 0 spiro atoms. The fourth-order valence-corrected chi connectivity index (χ4v) is 0.470. The Bertz CT molecular complexity index is 145. The van der Waals surface area contributed by atoms with E-state index in [9.17, 15) is 0 Å². The quantitative estimate of drug-likeness (QED) is 0.633. The van der Waals surface area contributed by atoms with Crippen LogP contribution in [0.3, 0.4) is 0 Å². The summed E-state index contributed by atoms with van der Waals surface area (Å²) in [5.74, 6) is 0. The molecular formula is C6H7Cl3Zr-. The Hall–Kier alpha value is 1.10. The minimum absolute atomic E-state index is 1.34. The summed E-state index contributed by atoms with van der Waals surface area (Å²) >= 11 is -2.13. The van der Waals surface area contributed by atoms with Crippen molar-refractivity contribution >= 4 is 25.5 Å². The van der Waals surface area contributed by atoms with Crippen molar-refractivity contribution < 1.29 is 18.2 Å². The van der Waals surface area contributed by atoms with Crippen LogP contribution in [0, 0.1) is 6.92 Å². The van der Waals surface area contributed by atoms with Crippen molar-refractivity contribution in [1.82, 2.24) is 0 Å². The molecule has 0 amide bonds. The average Bonchev–Trinajstić information content (AvgIpc) is 2.15. The van der Waals surface area contributed by atoms with Gasteiger partial charge in [0.05, 0.1) is 0 Å². The van der Waals surface area contributed by atoms with Gasteiger partial charge in [0.25, 0.3) is 0 Å². The number of aryl methyl sites for hydroxylation is 1. The van der Waals surface area contributed by atoms with Gasteiger partial charge in [-0.05, 0) is 0 Å². The number of halogens is 3. The molecule has 1 rings (SSSR count). The molecule has 0 saturated heterocycles. The second-order valence-corrected chi connectivity index (χ2v) is 12.9. The fourth-order valence-electron chi connectivity index (χ4n) is 0.470. The summed E-state index contributed by atoms with van der Waals surface area (Å²) in [5.41, 5.74) is 1.34. The number of hydrogen-bond donors (Lipinski definition) is 0. The van der Waals surface area contributed by atoms with Gasteiger partial charge in [-0.2, -0.15) is 17.7 Å². The SMILES string of the molecule is C[c-]1cccc1.[Cl][Zr]([Cl])[Cl]. The molecule has 0 aliphatic carbocycles. The van der Waals surface area contributed by atoms with E-state index in [0.717, 1.165) is 0 Å². The van der Waals surface area contributed by atoms with Gasteiger partial charge in [0.2, 0.25) is 0 Å². The van der Waals surface area contributed by atoms with E-state index >= 15 is 0 Å². The van der Waals surface area contributed by atoms with Crippen LogP contribution in [0.15, 0.2) is 24.3 Å². The number of rotatable bonds is 0. The van der Waals surface area contributed by atoms with E-state index in [0.29, 0.717) is 0 Å². The van der Waals surface area contributed by atoms with E-state index in [1.54, 1.807) is 0 Å². The molecule has 0 heterocycles. The van der Waals surface area contributed by atoms with E-state index in [1.807, 2.05) is 12.1 Å². The Labute approximate surface area is 79.8 Å². The first-order valence-electron chi connectivity index (χ1n) is 2.64. The van der Waals surface area contributed by atoms with Gasteiger partial charge in [0.1, 0.15) is 0 Å². The van der Waals surface area contributed by atoms with Gasteiger partial charge in [-0.1, -0.05) is 6.92 Å². The zero-order chi connectivity index (χ0) is 7.98. The third-order valence-corrected chi connectivity index (χ3v) is 0.829. The third-order valence-electron chi connectivity index (χ3n) is 0.829. The zero-order valence-corrected chi connectivity index (χ0v) is 10.2. The van der Waals surface area contributed by atoms with Gasteiger partial charge in [-0.15, -0.1) is 0 Å². The molecule has 1 aromatic carbocycles. The predicted octanol–water partition coefficient (Wildman–Crippen LogP) is 3.78. The van der Waals surface area contributed by atoms with E-state index in [1.165, 1.54) is 5.56 Å². The molecule has 0 radical (unpaired) electrons. The molecule has 10 heavy (non-hydrogen) atoms. The average molecular weight is 277 g/mol. The summed E-state index contributed by atoms with van der Waals surface area (Å²) in [5, 5.41) is 0. The monoisotopic (exact) mass is 274 g/mol. The Morgan fingerprint density at radius 2 is 1.40 bits per heavy atom. The Kier molecular flexibility index (Phi) is 7.54. The standard InChI is InChI=1S/C6H7.3ClH.Zr/c1-6-4-2-3-5-6;;;;/h2-5H,1H3;3*1H;/q-1;;;;+3/p-3. The first kappa shape index (κ1) is 11.1. The van der Waals surface area contributed by atoms with E-state index < -0.39 is 18.2 Å². The summed E-state index contributed by atoms with van der Waals surface area (Å²) in [6, 6.07) is 8.24. The van der Waals surface area contributed by atoms with Crippen LogP contribution in [0.4, 0.5) is 0 Å². The van der Waals surface area contributed by atoms with Gasteiger partial charge in [-0.3, -0.25) is 0 Å². The van der Waals surface area contributed by atoms with Crippen molar-refractivity contribution in [2.24, 2.45) is 0 Å². The van der Waals surface area contributed by atoms with Crippen molar-refractivity contribution in [2.45, 2.75) is 6.92 Å². The molecule has 0 aliphatic rings. The molecule has 0 fully saturated rings. The Balaban J connectivity index is 0.000000180. The summed E-state index contributed by atoms with van der Waals surface area (Å²) in [6.07, 6.45) is 0. The fraction of sp³-hybridized carbons (Fsp3) is 0.167. The van der Waals surface area contributed by atoms with Gasteiger partial charge >= 0.3 is 43.7 Å². The van der Waals surface area contributed by atoms with E-state index in [4.69, 9.17) is 25.5 Å². The summed E-state index contributed by atoms with van der Waals surface area (Å²) in [7, 11) is 15.0. The Morgan fingerprint density at radius 3 is 1.50 bits per heavy atom. The summed E-state index contributed by atoms with van der Waals surface area (Å²) < 4.78 is 0. The topological polar surface area (TPSA) is 0 Å². The predicted molar refractivity (Wildman–Crippen MR) is 44.3 cm³/mol. The second kappa shape index (κ2) is 6.79. The van der Waals surface area contributed by atoms with Crippen LogP contribution in [-0.4, -0.2) is 0 Å². The Morgan fingerprint density at radius 1 is 1.10 bits per heavy atom. The molecular weight excluding hydrogens is 270 g/mol. The van der Waals surface area contributed by atoms with Gasteiger partial charge in [0, 0.05) is 0 Å². The minimum atomic E-state index is -2.13. The number of hydrogen-bond acceptors (Lipinski definition) is 0. The van der Waals surface area contributed by atoms with Crippen LogP contribution in [0.5, 0.6) is 0 Å². The van der Waals surface area contributed by atoms with Gasteiger partial charge < -0.3 is 0 Å². The van der Waals surface area contributed by atoms with E-state index in [2.05, 4.69) is 19.1 Å². The van der Waals surface area contributed by atoms with Crippen molar-refractivity contribution in [3.8, 4) is 0 Å². The second-order valence-electron chi connectivity index (χ2n) is 1.68. The molecule has 0 bridgehead atoms. The van der Waals surface area contributed by atoms with Gasteiger partial charge in [-0.25, -0.2) is 12.1 Å². The molecule has 0 N–H and O–H groups in total. The molecule has 0 saturated carbocycles. The maximum atomic E-state index is 5.00. The van der Waals surface area contributed by atoms with Crippen LogP contribution in [0.25, 0.3) is 0 Å². The molecule has 1 aromatic rings. The molecule has 0 unspecified atom stereocenters. The zero-order valence-electron chi connectivity index (χ0n) is 5.44. The van der Waals surface area contributed by atoms with Crippen LogP contribution in [0.1, 0.15) is 5.56 Å². The molecule has 4 heteroatoms. The van der Waals surface area contributed by atoms with Crippen molar-refractivity contribution in [3.05, 3.63) is 29.8 Å². The van der Waals surface area contributed by atoms with Crippen molar-refractivity contribution in [3.63, 3.8) is 0 Å². The molecule has 0 aromatic heterocycles. The molecule has 57 valence electrons. The summed E-state index contributed by atoms with van der Waals surface area (Å²) in [6.45, 7) is 2.08. The van der Waals surface area contributed by atoms with Crippen molar-refractivity contribution in [1.29, 1.82) is 0 Å². The molecule has 0 nitrogen and oxygen atoms in total. The normalized spacial score (nSPS) is 8.00. The molecule has 0 aliphatic heterocycles. The summed E-state index contributed by atoms with van der Waals surface area (Å²) in [4.78, 5) is 0. The van der Waals surface area contributed by atoms with Crippen molar-refractivity contribution in [2.75, 3.05) is 0 Å². The van der Waals surface area contributed by atoms with Crippen LogP contribution >= 0.6 is 25.5 Å². The maximum absolute atomic E-state index is 5.00. The van der Waals surface area contributed by atoms with Crippen LogP contribution in [0.2, 0.25) is 0 Å². The third kappa shape index (κ3) is 9.10. The first-order valence-corrected chi connectivity index (χ1v) is 12.1. The van der Waals surface area contributed by atoms with Gasteiger partial charge in [0.15, 0.2) is 0 Å². The van der Waals surface area contributed by atoms with Crippen LogP contribution in [-0.2, 0) is 18.2 Å². The molecule has 0 atom stereocenters.